The minimum atomic E-state index is -1.01. The van der Waals surface area contributed by atoms with E-state index in [0.717, 1.165) is 50.5 Å². The molecule has 2 saturated heterocycles. The van der Waals surface area contributed by atoms with Crippen LogP contribution in [0.25, 0.3) is 0 Å². The van der Waals surface area contributed by atoms with Gasteiger partial charge in [0.2, 0.25) is 0 Å². The molecule has 2 N–H and O–H groups in total. The number of rotatable bonds is 0. The molecule has 6 fully saturated rings. The van der Waals surface area contributed by atoms with Crippen molar-refractivity contribution in [2.75, 3.05) is 13.2 Å². The molecule has 0 aromatic rings. The lowest BCUT2D eigenvalue weighted by molar-refractivity contribution is -0.399. The van der Waals surface area contributed by atoms with Crippen LogP contribution in [0.3, 0.4) is 0 Å². The molecule has 3 aliphatic heterocycles. The second kappa shape index (κ2) is 7.45. The number of aliphatic hydroxyl groups excluding tert-OH is 1. The van der Waals surface area contributed by atoms with E-state index in [2.05, 4.69) is 27.4 Å². The van der Waals surface area contributed by atoms with Gasteiger partial charge in [-0.15, -0.1) is 0 Å². The third-order valence-electron chi connectivity index (χ3n) is 12.8. The minimum absolute atomic E-state index is 0.0184. The Morgan fingerprint density at radius 2 is 1.77 bits per heavy atom. The van der Waals surface area contributed by atoms with Crippen LogP contribution >= 0.6 is 0 Å². The number of carbonyl (C=O) groups excluding carboxylic acids is 1. The van der Waals surface area contributed by atoms with Gasteiger partial charge in [-0.25, -0.2) is 4.79 Å². The van der Waals surface area contributed by atoms with Crippen LogP contribution in [0.2, 0.25) is 0 Å². The fraction of sp³-hybridized carbons (Fsp3) is 0.833. The largest absolute Gasteiger partial charge is 0.462 e. The van der Waals surface area contributed by atoms with Gasteiger partial charge in [-0.3, -0.25) is 0 Å². The number of ether oxygens (including phenoxy) is 2. The minimum Gasteiger partial charge on any atom is -0.462 e. The van der Waals surface area contributed by atoms with Crippen molar-refractivity contribution in [3.63, 3.8) is 0 Å². The summed E-state index contributed by atoms with van der Waals surface area (Å²) in [6, 6.07) is 0. The maximum Gasteiger partial charge on any atom is 0.333 e. The molecule has 4 bridgehead atoms. The van der Waals surface area contributed by atoms with Gasteiger partial charge in [-0.2, -0.15) is 0 Å². The van der Waals surface area contributed by atoms with Crippen LogP contribution < -0.4 is 0 Å². The molecule has 7 rings (SSSR count). The monoisotopic (exact) mass is 484 g/mol. The smallest absolute Gasteiger partial charge is 0.333 e. The van der Waals surface area contributed by atoms with Crippen molar-refractivity contribution in [2.24, 2.45) is 45.3 Å². The topological polar surface area (TPSA) is 76.0 Å². The number of carbonyl (C=O) groups is 1. The molecular weight excluding hydrogens is 440 g/mol. The molecule has 4 aliphatic carbocycles. The Balaban J connectivity index is 1.44. The van der Waals surface area contributed by atoms with E-state index in [9.17, 15) is 15.0 Å². The van der Waals surface area contributed by atoms with E-state index in [4.69, 9.17) is 9.47 Å². The third-order valence-corrected chi connectivity index (χ3v) is 12.8. The lowest BCUT2D eigenvalue weighted by Gasteiger charge is -2.74. The van der Waals surface area contributed by atoms with E-state index in [-0.39, 0.29) is 33.5 Å². The first kappa shape index (κ1) is 24.2. The summed E-state index contributed by atoms with van der Waals surface area (Å²) in [6.45, 7) is 14.3. The predicted molar refractivity (Wildman–Crippen MR) is 133 cm³/mol. The third kappa shape index (κ3) is 2.84. The standard InChI is InChI=1S/C30H44O5/c1-18-6-8-22(31)19(2)20-10-13-29(17-34-25(18)32)21(20)7-9-24-27(29,5)12-11-23-26(3,4)30(33)15-14-28(23,24)16-35-30/h6,20-24,31,33H,2,7-17H2,1,3-5H3/b18-6-/t20-,21-,22+,23?,24+,27-,28-,29+,30-/m1/s1. The van der Waals surface area contributed by atoms with Crippen molar-refractivity contribution in [3.05, 3.63) is 23.8 Å². The maximum atomic E-state index is 13.0. The first-order valence-electron chi connectivity index (χ1n) is 14.0. The first-order chi connectivity index (χ1) is 16.4. The van der Waals surface area contributed by atoms with Crippen LogP contribution in [-0.4, -0.2) is 41.3 Å². The van der Waals surface area contributed by atoms with E-state index in [1.165, 1.54) is 0 Å². The predicted octanol–water partition coefficient (Wildman–Crippen LogP) is 5.16. The number of fused-ring (bicyclic) bond motifs is 3. The van der Waals surface area contributed by atoms with Gasteiger partial charge in [0.05, 0.1) is 19.3 Å². The Bertz CT molecular complexity index is 971. The second-order valence-electron chi connectivity index (χ2n) is 13.9. The molecule has 9 atom stereocenters. The van der Waals surface area contributed by atoms with Crippen LogP contribution in [0.1, 0.15) is 85.5 Å². The molecule has 1 spiro atoms. The molecule has 5 nitrogen and oxygen atoms in total. The number of cyclic esters (lactones) is 1. The lowest BCUT2D eigenvalue weighted by atomic mass is 9.34. The van der Waals surface area contributed by atoms with Crippen molar-refractivity contribution in [1.29, 1.82) is 0 Å². The molecule has 4 saturated carbocycles. The van der Waals surface area contributed by atoms with Gasteiger partial charge >= 0.3 is 5.97 Å². The van der Waals surface area contributed by atoms with E-state index < -0.39 is 11.9 Å². The van der Waals surface area contributed by atoms with E-state index in [1.54, 1.807) is 6.92 Å². The van der Waals surface area contributed by atoms with E-state index >= 15 is 0 Å². The van der Waals surface area contributed by atoms with Crippen molar-refractivity contribution in [1.82, 2.24) is 0 Å². The van der Waals surface area contributed by atoms with Crippen molar-refractivity contribution < 1.29 is 24.5 Å². The molecule has 5 heteroatoms. The summed E-state index contributed by atoms with van der Waals surface area (Å²) in [5.74, 6) is 0.318. The summed E-state index contributed by atoms with van der Waals surface area (Å²) >= 11 is 0. The Labute approximate surface area is 210 Å². The number of esters is 1. The van der Waals surface area contributed by atoms with Gasteiger partial charge < -0.3 is 19.7 Å². The molecule has 0 radical (unpaired) electrons. The molecule has 7 aliphatic rings. The molecule has 0 aromatic carbocycles. The highest BCUT2D eigenvalue weighted by atomic mass is 16.6. The SMILES string of the molecule is C=C1[C@H]2CC[C@]3(COC(=O)/C(C)=C\C[C@@H]1O)[C@@H]2CC[C@@H]1[C@]24CC[C@@](O)(OC2)C(C)(C)C4CC[C@]13C. The normalized spacial score (nSPS) is 54.5. The molecule has 1 unspecified atom stereocenters. The summed E-state index contributed by atoms with van der Waals surface area (Å²) in [7, 11) is 0. The van der Waals surface area contributed by atoms with Gasteiger partial charge in [0.15, 0.2) is 5.79 Å². The summed E-state index contributed by atoms with van der Waals surface area (Å²) in [5, 5.41) is 22.4. The van der Waals surface area contributed by atoms with Gasteiger partial charge in [0.25, 0.3) is 0 Å². The molecule has 0 aromatic heterocycles. The van der Waals surface area contributed by atoms with E-state index in [1.807, 2.05) is 6.08 Å². The Kier molecular flexibility index (Phi) is 5.15. The van der Waals surface area contributed by atoms with Crippen molar-refractivity contribution in [2.45, 2.75) is 97.4 Å². The molecule has 35 heavy (non-hydrogen) atoms. The average molecular weight is 485 g/mol. The Hall–Kier alpha value is -1.17. The van der Waals surface area contributed by atoms with Crippen LogP contribution in [0, 0.1) is 45.3 Å². The molecule has 3 heterocycles. The average Bonchev–Trinajstić information content (AvgIpc) is 3.21. The Morgan fingerprint density at radius 3 is 2.49 bits per heavy atom. The molecule has 194 valence electrons. The van der Waals surface area contributed by atoms with E-state index in [0.29, 0.717) is 49.4 Å². The maximum absolute atomic E-state index is 13.0. The molecule has 0 amide bonds. The summed E-state index contributed by atoms with van der Waals surface area (Å²) in [6.07, 6.45) is 9.80. The zero-order valence-corrected chi connectivity index (χ0v) is 22.1. The van der Waals surface area contributed by atoms with Gasteiger partial charge in [0.1, 0.15) is 0 Å². The summed E-state index contributed by atoms with van der Waals surface area (Å²) < 4.78 is 12.5. The highest BCUT2D eigenvalue weighted by molar-refractivity contribution is 5.87. The Morgan fingerprint density at radius 1 is 1.00 bits per heavy atom. The highest BCUT2D eigenvalue weighted by Gasteiger charge is 2.75. The van der Waals surface area contributed by atoms with Crippen LogP contribution in [-0.2, 0) is 14.3 Å². The summed E-state index contributed by atoms with van der Waals surface area (Å²) in [5.41, 5.74) is 1.24. The highest BCUT2D eigenvalue weighted by Crippen LogP contribution is 2.78. The zero-order valence-electron chi connectivity index (χ0n) is 22.1. The van der Waals surface area contributed by atoms with Crippen LogP contribution in [0.15, 0.2) is 23.8 Å². The van der Waals surface area contributed by atoms with Gasteiger partial charge in [-0.1, -0.05) is 33.4 Å². The van der Waals surface area contributed by atoms with Crippen molar-refractivity contribution in [3.8, 4) is 0 Å². The first-order valence-corrected chi connectivity index (χ1v) is 14.0. The number of hydrogen-bond donors (Lipinski definition) is 2. The van der Waals surface area contributed by atoms with Gasteiger partial charge in [-0.05, 0) is 93.0 Å². The van der Waals surface area contributed by atoms with Crippen molar-refractivity contribution >= 4 is 5.97 Å². The fourth-order valence-electron chi connectivity index (χ4n) is 10.8. The second-order valence-corrected chi connectivity index (χ2v) is 13.9. The zero-order chi connectivity index (χ0) is 25.0. The van der Waals surface area contributed by atoms with Crippen LogP contribution in [0.4, 0.5) is 0 Å². The number of aliphatic hydroxyl groups is 2. The number of hydrogen-bond acceptors (Lipinski definition) is 5. The molecular formula is C30H44O5. The van der Waals surface area contributed by atoms with Gasteiger partial charge in [0, 0.05) is 28.2 Å². The fourth-order valence-corrected chi connectivity index (χ4v) is 10.8. The quantitative estimate of drug-likeness (QED) is 0.367. The lowest BCUT2D eigenvalue weighted by Crippen LogP contribution is -2.73. The summed E-state index contributed by atoms with van der Waals surface area (Å²) in [4.78, 5) is 13.0. The van der Waals surface area contributed by atoms with Crippen LogP contribution in [0.5, 0.6) is 0 Å².